The van der Waals surface area contributed by atoms with Crippen LogP contribution < -0.4 is 10.6 Å². The van der Waals surface area contributed by atoms with Gasteiger partial charge >= 0.3 is 6.03 Å². The normalized spacial score (nSPS) is 15.7. The molecule has 20 heavy (non-hydrogen) atoms. The first-order valence-electron chi connectivity index (χ1n) is 6.41. The summed E-state index contributed by atoms with van der Waals surface area (Å²) in [5.41, 5.74) is 1.60. The van der Waals surface area contributed by atoms with Crippen molar-refractivity contribution in [1.82, 2.24) is 15.1 Å². The number of aryl methyl sites for hydroxylation is 1. The molecule has 1 aromatic heterocycles. The molecule has 2 amide bonds. The zero-order chi connectivity index (χ0) is 14.2. The summed E-state index contributed by atoms with van der Waals surface area (Å²) in [6.45, 7) is 0. The number of nitrogens with one attached hydrogen (secondary N) is 2. The first kappa shape index (κ1) is 13.2. The van der Waals surface area contributed by atoms with Crippen molar-refractivity contribution in [3.8, 4) is 0 Å². The number of hydrogen-bond donors (Lipinski definition) is 2. The van der Waals surface area contributed by atoms with Crippen LogP contribution in [-0.4, -0.2) is 15.8 Å². The van der Waals surface area contributed by atoms with Crippen LogP contribution in [0.5, 0.6) is 0 Å². The Labute approximate surface area is 125 Å². The largest absolute Gasteiger partial charge is 0.328 e. The number of benzene rings is 1. The number of carbonyl (C=O) groups excluding carboxylic acids is 1. The molecule has 1 fully saturated rings. The van der Waals surface area contributed by atoms with Gasteiger partial charge in [0, 0.05) is 17.7 Å². The Kier molecular flexibility index (Phi) is 3.25. The third-order valence-corrected chi connectivity index (χ3v) is 3.94. The average molecular weight is 335 g/mol. The monoisotopic (exact) mass is 334 g/mol. The lowest BCUT2D eigenvalue weighted by Gasteiger charge is -2.18. The third kappa shape index (κ3) is 2.70. The summed E-state index contributed by atoms with van der Waals surface area (Å²) in [6.07, 6.45) is 5.31. The van der Waals surface area contributed by atoms with Gasteiger partial charge < -0.3 is 10.6 Å². The molecular formula is C14H15BrN4O. The van der Waals surface area contributed by atoms with Crippen LogP contribution in [0.1, 0.15) is 18.4 Å². The van der Waals surface area contributed by atoms with E-state index in [-0.39, 0.29) is 11.6 Å². The lowest BCUT2D eigenvalue weighted by molar-refractivity contribution is 0.247. The molecule has 1 aromatic carbocycles. The molecule has 0 radical (unpaired) electrons. The van der Waals surface area contributed by atoms with Crippen LogP contribution >= 0.6 is 15.9 Å². The molecule has 0 aliphatic heterocycles. The Bertz CT molecular complexity index is 648. The fourth-order valence-electron chi connectivity index (χ4n) is 2.26. The van der Waals surface area contributed by atoms with Gasteiger partial charge in [0.05, 0.1) is 17.4 Å². The summed E-state index contributed by atoms with van der Waals surface area (Å²) < 4.78 is 2.67. The molecule has 0 bridgehead atoms. The van der Waals surface area contributed by atoms with Gasteiger partial charge in [-0.1, -0.05) is 28.1 Å². The molecule has 3 rings (SSSR count). The van der Waals surface area contributed by atoms with E-state index in [0.717, 1.165) is 22.9 Å². The summed E-state index contributed by atoms with van der Waals surface area (Å²) in [7, 11) is 1.81. The van der Waals surface area contributed by atoms with E-state index in [4.69, 9.17) is 0 Å². The molecule has 1 saturated carbocycles. The number of aromatic nitrogens is 2. The number of anilines is 1. The maximum Gasteiger partial charge on any atom is 0.320 e. The zero-order valence-electron chi connectivity index (χ0n) is 11.1. The van der Waals surface area contributed by atoms with Crippen molar-refractivity contribution in [3.63, 3.8) is 0 Å². The molecule has 5 nitrogen and oxygen atoms in total. The lowest BCUT2D eigenvalue weighted by atomic mass is 10.1. The highest BCUT2D eigenvalue weighted by Crippen LogP contribution is 2.46. The van der Waals surface area contributed by atoms with Crippen molar-refractivity contribution in [2.45, 2.75) is 18.4 Å². The number of halogens is 1. The Morgan fingerprint density at radius 2 is 2.25 bits per heavy atom. The van der Waals surface area contributed by atoms with E-state index in [2.05, 4.69) is 37.7 Å². The standard InChI is InChI=1S/C14H15BrN4O/c1-19-9-12(8-16-19)17-13(20)18-14(5-6-14)10-3-2-4-11(15)7-10/h2-4,7-9H,5-6H2,1H3,(H2,17,18,20). The molecule has 2 N–H and O–H groups in total. The van der Waals surface area contributed by atoms with Crippen molar-refractivity contribution in [2.75, 3.05) is 5.32 Å². The van der Waals surface area contributed by atoms with Gasteiger partial charge in [0.2, 0.25) is 0 Å². The minimum atomic E-state index is -0.226. The fourth-order valence-corrected chi connectivity index (χ4v) is 2.66. The molecule has 104 valence electrons. The van der Waals surface area contributed by atoms with Gasteiger partial charge in [-0.25, -0.2) is 4.79 Å². The predicted molar refractivity (Wildman–Crippen MR) is 80.4 cm³/mol. The minimum absolute atomic E-state index is 0.199. The van der Waals surface area contributed by atoms with E-state index in [0.29, 0.717) is 5.69 Å². The summed E-state index contributed by atoms with van der Waals surface area (Å²) in [5, 5.41) is 9.88. The van der Waals surface area contributed by atoms with Crippen LogP contribution in [0, 0.1) is 0 Å². The number of nitrogens with zero attached hydrogens (tertiary/aromatic N) is 2. The Balaban J connectivity index is 1.69. The molecule has 1 heterocycles. The van der Waals surface area contributed by atoms with Gasteiger partial charge in [0.1, 0.15) is 0 Å². The summed E-state index contributed by atoms with van der Waals surface area (Å²) in [4.78, 5) is 12.1. The van der Waals surface area contributed by atoms with Crippen LogP contribution in [0.2, 0.25) is 0 Å². The molecule has 2 aromatic rings. The Morgan fingerprint density at radius 3 is 2.85 bits per heavy atom. The SMILES string of the molecule is Cn1cc(NC(=O)NC2(c3cccc(Br)c3)CC2)cn1. The second-order valence-corrected chi connectivity index (χ2v) is 5.99. The van der Waals surface area contributed by atoms with E-state index in [1.54, 1.807) is 17.1 Å². The highest BCUT2D eigenvalue weighted by Gasteiger charge is 2.45. The lowest BCUT2D eigenvalue weighted by Crippen LogP contribution is -2.37. The quantitative estimate of drug-likeness (QED) is 0.906. The predicted octanol–water partition coefficient (Wildman–Crippen LogP) is 2.99. The maximum atomic E-state index is 12.1. The van der Waals surface area contributed by atoms with Gasteiger partial charge in [-0.3, -0.25) is 4.68 Å². The van der Waals surface area contributed by atoms with Crippen molar-refractivity contribution in [3.05, 3.63) is 46.7 Å². The van der Waals surface area contributed by atoms with Crippen LogP contribution in [0.25, 0.3) is 0 Å². The van der Waals surface area contributed by atoms with Gasteiger partial charge in [-0.05, 0) is 30.5 Å². The zero-order valence-corrected chi connectivity index (χ0v) is 12.6. The van der Waals surface area contributed by atoms with Crippen molar-refractivity contribution in [1.29, 1.82) is 0 Å². The number of hydrogen-bond acceptors (Lipinski definition) is 2. The molecule has 1 aliphatic carbocycles. The first-order chi connectivity index (χ1) is 9.57. The van der Waals surface area contributed by atoms with Crippen LogP contribution in [0.3, 0.4) is 0 Å². The van der Waals surface area contributed by atoms with Gasteiger partial charge in [0.25, 0.3) is 0 Å². The number of urea groups is 1. The van der Waals surface area contributed by atoms with Gasteiger partial charge in [-0.2, -0.15) is 5.10 Å². The van der Waals surface area contributed by atoms with Crippen LogP contribution in [0.15, 0.2) is 41.1 Å². The van der Waals surface area contributed by atoms with E-state index in [1.807, 2.05) is 25.2 Å². The highest BCUT2D eigenvalue weighted by atomic mass is 79.9. The van der Waals surface area contributed by atoms with Gasteiger partial charge in [-0.15, -0.1) is 0 Å². The molecule has 1 aliphatic rings. The molecule has 6 heteroatoms. The molecular weight excluding hydrogens is 320 g/mol. The van der Waals surface area contributed by atoms with E-state index >= 15 is 0 Å². The van der Waals surface area contributed by atoms with Crippen LogP contribution in [0.4, 0.5) is 10.5 Å². The molecule has 0 atom stereocenters. The first-order valence-corrected chi connectivity index (χ1v) is 7.21. The maximum absolute atomic E-state index is 12.1. The number of carbonyl (C=O) groups is 1. The summed E-state index contributed by atoms with van der Waals surface area (Å²) in [6, 6.07) is 7.87. The topological polar surface area (TPSA) is 59.0 Å². The van der Waals surface area contributed by atoms with Gasteiger partial charge in [0.15, 0.2) is 0 Å². The van der Waals surface area contributed by atoms with E-state index < -0.39 is 0 Å². The van der Waals surface area contributed by atoms with Crippen molar-refractivity contribution in [2.24, 2.45) is 7.05 Å². The highest BCUT2D eigenvalue weighted by molar-refractivity contribution is 9.10. The summed E-state index contributed by atoms with van der Waals surface area (Å²) in [5.74, 6) is 0. The van der Waals surface area contributed by atoms with E-state index in [9.17, 15) is 4.79 Å². The minimum Gasteiger partial charge on any atom is -0.328 e. The fraction of sp³-hybridized carbons (Fsp3) is 0.286. The van der Waals surface area contributed by atoms with Crippen molar-refractivity contribution < 1.29 is 4.79 Å². The summed E-state index contributed by atoms with van der Waals surface area (Å²) >= 11 is 3.47. The average Bonchev–Trinajstić information content (AvgIpc) is 3.06. The molecule has 0 saturated heterocycles. The number of amides is 2. The smallest absolute Gasteiger partial charge is 0.320 e. The molecule has 0 unspecified atom stereocenters. The van der Waals surface area contributed by atoms with Crippen LogP contribution in [-0.2, 0) is 12.6 Å². The second kappa shape index (κ2) is 4.94. The van der Waals surface area contributed by atoms with E-state index in [1.165, 1.54) is 0 Å². The Hall–Kier alpha value is -1.82. The second-order valence-electron chi connectivity index (χ2n) is 5.07. The third-order valence-electron chi connectivity index (χ3n) is 3.44. The van der Waals surface area contributed by atoms with Crippen molar-refractivity contribution >= 4 is 27.6 Å². The molecule has 0 spiro atoms. The number of rotatable bonds is 3. The Morgan fingerprint density at radius 1 is 1.45 bits per heavy atom.